The predicted octanol–water partition coefficient (Wildman–Crippen LogP) is 15.6. The van der Waals surface area contributed by atoms with Crippen LogP contribution in [0, 0.1) is 0 Å². The zero-order valence-electron chi connectivity index (χ0n) is 31.1. The molecule has 0 bridgehead atoms. The van der Waals surface area contributed by atoms with Crippen LogP contribution in [0.25, 0.3) is 81.0 Å². The minimum atomic E-state index is 1.10. The highest BCUT2D eigenvalue weighted by molar-refractivity contribution is 7.26. The van der Waals surface area contributed by atoms with E-state index in [1.54, 1.807) is 0 Å². The molecule has 0 saturated heterocycles. The Hall–Kier alpha value is -7.20. The van der Waals surface area contributed by atoms with Gasteiger partial charge in [0.2, 0.25) is 0 Å². The number of nitrogens with zero attached hydrogens (tertiary/aromatic N) is 2. The van der Waals surface area contributed by atoms with Gasteiger partial charge in [0.25, 0.3) is 0 Å². The summed E-state index contributed by atoms with van der Waals surface area (Å²) in [5.74, 6) is 0. The number of hydrogen-bond donors (Lipinski definition) is 0. The van der Waals surface area contributed by atoms with Crippen molar-refractivity contribution in [2.75, 3.05) is 4.90 Å². The zero-order chi connectivity index (χ0) is 37.7. The third kappa shape index (κ3) is 5.80. The van der Waals surface area contributed by atoms with Gasteiger partial charge >= 0.3 is 0 Å². The molecular weight excluding hydrogens is 709 g/mol. The molecule has 3 heteroatoms. The van der Waals surface area contributed by atoms with Gasteiger partial charge in [0.05, 0.1) is 15.7 Å². The Balaban J connectivity index is 0.951. The van der Waals surface area contributed by atoms with Gasteiger partial charge in [-0.05, 0) is 105 Å². The standard InChI is InChI=1S/C54H36N2S/c1-2-11-37(12-3-1)38-21-29-43(30-22-38)55(45-35-27-42(28-36-45)48-18-10-14-41-13-4-5-15-47(41)48)44-31-23-39(24-32-44)40-25-33-46(34-26-40)56-51-19-8-6-16-49(51)54-53(56)50-17-7-9-20-52(50)57-54/h1-36H. The third-order valence-electron chi connectivity index (χ3n) is 11.2. The number of fused-ring (bicyclic) bond motifs is 6. The molecule has 268 valence electrons. The van der Waals surface area contributed by atoms with Crippen molar-refractivity contribution in [3.63, 3.8) is 0 Å². The molecule has 11 rings (SSSR count). The van der Waals surface area contributed by atoms with Crippen molar-refractivity contribution in [2.45, 2.75) is 0 Å². The van der Waals surface area contributed by atoms with Gasteiger partial charge in [-0.15, -0.1) is 11.3 Å². The lowest BCUT2D eigenvalue weighted by molar-refractivity contribution is 1.19. The summed E-state index contributed by atoms with van der Waals surface area (Å²) in [6.45, 7) is 0. The van der Waals surface area contributed by atoms with Crippen LogP contribution < -0.4 is 4.90 Å². The fraction of sp³-hybridized carbons (Fsp3) is 0. The summed E-state index contributed by atoms with van der Waals surface area (Å²) in [6, 6.07) is 79.2. The van der Waals surface area contributed by atoms with E-state index < -0.39 is 0 Å². The average Bonchev–Trinajstić information content (AvgIpc) is 3.82. The predicted molar refractivity (Wildman–Crippen MR) is 245 cm³/mol. The Kier molecular flexibility index (Phi) is 8.04. The van der Waals surface area contributed by atoms with Crippen LogP contribution >= 0.6 is 11.3 Å². The molecule has 57 heavy (non-hydrogen) atoms. The first-order valence-electron chi connectivity index (χ1n) is 19.4. The van der Waals surface area contributed by atoms with Gasteiger partial charge < -0.3 is 9.47 Å². The summed E-state index contributed by atoms with van der Waals surface area (Å²) < 4.78 is 5.10. The van der Waals surface area contributed by atoms with E-state index in [0.717, 1.165) is 17.1 Å². The van der Waals surface area contributed by atoms with E-state index >= 15 is 0 Å². The highest BCUT2D eigenvalue weighted by Gasteiger charge is 2.18. The number of thiophene rings is 1. The fourth-order valence-electron chi connectivity index (χ4n) is 8.44. The highest BCUT2D eigenvalue weighted by Crippen LogP contribution is 2.43. The lowest BCUT2D eigenvalue weighted by Gasteiger charge is -2.26. The first-order valence-corrected chi connectivity index (χ1v) is 20.2. The lowest BCUT2D eigenvalue weighted by Crippen LogP contribution is -2.09. The van der Waals surface area contributed by atoms with E-state index in [9.17, 15) is 0 Å². The molecule has 0 N–H and O–H groups in total. The van der Waals surface area contributed by atoms with Gasteiger partial charge in [0.1, 0.15) is 0 Å². The first kappa shape index (κ1) is 33.2. The Morgan fingerprint density at radius 1 is 0.351 bits per heavy atom. The number of hydrogen-bond acceptors (Lipinski definition) is 2. The van der Waals surface area contributed by atoms with Crippen molar-refractivity contribution in [1.29, 1.82) is 0 Å². The maximum atomic E-state index is 2.43. The molecule has 0 fully saturated rings. The molecule has 2 aromatic heterocycles. The van der Waals surface area contributed by atoms with Crippen LogP contribution in [0.15, 0.2) is 218 Å². The SMILES string of the molecule is c1ccc(-c2ccc(N(c3ccc(-c4ccc(-n5c6ccccc6c6sc7ccccc7c65)cc4)cc3)c3ccc(-c4cccc5ccccc45)cc3)cc2)cc1. The van der Waals surface area contributed by atoms with Crippen molar-refractivity contribution in [2.24, 2.45) is 0 Å². The van der Waals surface area contributed by atoms with Crippen molar-refractivity contribution < 1.29 is 0 Å². The monoisotopic (exact) mass is 744 g/mol. The van der Waals surface area contributed by atoms with Crippen LogP contribution in [-0.2, 0) is 0 Å². The minimum Gasteiger partial charge on any atom is -0.311 e. The van der Waals surface area contributed by atoms with Crippen molar-refractivity contribution >= 4 is 70.4 Å². The Morgan fingerprint density at radius 2 is 0.842 bits per heavy atom. The van der Waals surface area contributed by atoms with E-state index in [2.05, 4.69) is 228 Å². The minimum absolute atomic E-state index is 1.10. The Bertz CT molecular complexity index is 3180. The summed E-state index contributed by atoms with van der Waals surface area (Å²) >= 11 is 1.88. The van der Waals surface area contributed by atoms with Crippen molar-refractivity contribution in [3.8, 4) is 39.1 Å². The smallest absolute Gasteiger partial charge is 0.0727 e. The Morgan fingerprint density at radius 3 is 1.51 bits per heavy atom. The maximum absolute atomic E-state index is 2.43. The first-order chi connectivity index (χ1) is 28.3. The summed E-state index contributed by atoms with van der Waals surface area (Å²) in [4.78, 5) is 2.35. The zero-order valence-corrected chi connectivity index (χ0v) is 31.9. The largest absolute Gasteiger partial charge is 0.311 e. The van der Waals surface area contributed by atoms with E-state index in [1.807, 2.05) is 11.3 Å². The summed E-state index contributed by atoms with van der Waals surface area (Å²) in [7, 11) is 0. The molecule has 0 unspecified atom stereocenters. The third-order valence-corrected chi connectivity index (χ3v) is 12.4. The summed E-state index contributed by atoms with van der Waals surface area (Å²) in [5, 5.41) is 5.12. The normalized spacial score (nSPS) is 11.5. The quantitative estimate of drug-likeness (QED) is 0.158. The van der Waals surface area contributed by atoms with E-state index in [4.69, 9.17) is 0 Å². The molecule has 0 spiro atoms. The molecule has 2 nitrogen and oxygen atoms in total. The molecule has 0 saturated carbocycles. The second-order valence-corrected chi connectivity index (χ2v) is 15.6. The molecule has 0 aliphatic rings. The number of para-hydroxylation sites is 1. The van der Waals surface area contributed by atoms with E-state index in [-0.39, 0.29) is 0 Å². The van der Waals surface area contributed by atoms with Crippen LogP contribution in [0.3, 0.4) is 0 Å². The van der Waals surface area contributed by atoms with Gasteiger partial charge in [-0.1, -0.05) is 158 Å². The molecule has 0 amide bonds. The topological polar surface area (TPSA) is 8.17 Å². The molecule has 0 aliphatic heterocycles. The fourth-order valence-corrected chi connectivity index (χ4v) is 9.66. The summed E-state index contributed by atoms with van der Waals surface area (Å²) in [6.07, 6.45) is 0. The van der Waals surface area contributed by atoms with Crippen LogP contribution in [0.5, 0.6) is 0 Å². The van der Waals surface area contributed by atoms with Gasteiger partial charge in [-0.3, -0.25) is 0 Å². The van der Waals surface area contributed by atoms with Crippen LogP contribution in [0.1, 0.15) is 0 Å². The van der Waals surface area contributed by atoms with Gasteiger partial charge in [0, 0.05) is 38.2 Å². The molecular formula is C54H36N2S. The molecule has 0 atom stereocenters. The Labute approximate surface area is 335 Å². The second kappa shape index (κ2) is 13.8. The van der Waals surface area contributed by atoms with Crippen LogP contribution in [0.4, 0.5) is 17.1 Å². The number of rotatable bonds is 7. The van der Waals surface area contributed by atoms with Crippen LogP contribution in [-0.4, -0.2) is 4.57 Å². The molecule has 9 aromatic carbocycles. The maximum Gasteiger partial charge on any atom is 0.0727 e. The van der Waals surface area contributed by atoms with E-state index in [0.29, 0.717) is 0 Å². The lowest BCUT2D eigenvalue weighted by atomic mass is 9.98. The molecule has 11 aromatic rings. The molecule has 2 heterocycles. The van der Waals surface area contributed by atoms with Gasteiger partial charge in [-0.25, -0.2) is 0 Å². The highest BCUT2D eigenvalue weighted by atomic mass is 32.1. The number of aromatic nitrogens is 1. The van der Waals surface area contributed by atoms with Crippen molar-refractivity contribution in [1.82, 2.24) is 4.57 Å². The van der Waals surface area contributed by atoms with E-state index in [1.165, 1.54) is 81.0 Å². The second-order valence-electron chi connectivity index (χ2n) is 14.5. The number of anilines is 3. The number of benzene rings is 9. The molecule has 0 aliphatic carbocycles. The van der Waals surface area contributed by atoms with Gasteiger partial charge in [-0.2, -0.15) is 0 Å². The molecule has 0 radical (unpaired) electrons. The average molecular weight is 745 g/mol. The van der Waals surface area contributed by atoms with Crippen LogP contribution in [0.2, 0.25) is 0 Å². The summed E-state index contributed by atoms with van der Waals surface area (Å²) in [5.41, 5.74) is 14.2. The van der Waals surface area contributed by atoms with Gasteiger partial charge in [0.15, 0.2) is 0 Å². The van der Waals surface area contributed by atoms with Crippen molar-refractivity contribution in [3.05, 3.63) is 218 Å².